The molecule has 0 saturated carbocycles. The van der Waals surface area contributed by atoms with E-state index >= 15 is 0 Å². The van der Waals surface area contributed by atoms with Crippen LogP contribution in [-0.4, -0.2) is 9.97 Å². The molecule has 0 aliphatic rings. The number of hydrogen-bond acceptors (Lipinski definition) is 2. The molecule has 2 aromatic heterocycles. The number of hydrogen-bond donors (Lipinski definition) is 0. The molecule has 0 amide bonds. The molecule has 2 nitrogen and oxygen atoms in total. The molecule has 0 bridgehead atoms. The molecule has 8 rings (SSSR count). The summed E-state index contributed by atoms with van der Waals surface area (Å²) in [5.41, 5.74) is 6.05. The highest BCUT2D eigenvalue weighted by molar-refractivity contribution is 6.01. The standard InChI is InChI=1S/C38H24N2/c1-3-9-27-19-33-21-31(13-12-29(33)17-25(27)7-1)35-23-37(40-38(24-35)36-11-5-6-16-39-36)32-15-14-30-18-26-8-2-4-10-28(26)20-34(30)22-32/h1-24H. The first-order valence-electron chi connectivity index (χ1n) is 13.6. The van der Waals surface area contributed by atoms with Gasteiger partial charge in [0.05, 0.1) is 17.1 Å². The minimum absolute atomic E-state index is 0.865. The lowest BCUT2D eigenvalue weighted by Gasteiger charge is -2.12. The second-order valence-electron chi connectivity index (χ2n) is 10.4. The van der Waals surface area contributed by atoms with Crippen molar-refractivity contribution >= 4 is 43.1 Å². The number of benzene rings is 6. The Hall–Kier alpha value is -5.34. The number of aromatic nitrogens is 2. The van der Waals surface area contributed by atoms with Crippen LogP contribution < -0.4 is 0 Å². The van der Waals surface area contributed by atoms with E-state index in [1.807, 2.05) is 24.4 Å². The van der Waals surface area contributed by atoms with Crippen LogP contribution in [0.15, 0.2) is 146 Å². The number of nitrogens with zero attached hydrogens (tertiary/aromatic N) is 2. The molecule has 0 saturated heterocycles. The molecule has 0 N–H and O–H groups in total. The highest BCUT2D eigenvalue weighted by Crippen LogP contribution is 2.34. The van der Waals surface area contributed by atoms with E-state index in [0.717, 1.165) is 33.8 Å². The van der Waals surface area contributed by atoms with Crippen LogP contribution in [0.2, 0.25) is 0 Å². The van der Waals surface area contributed by atoms with Gasteiger partial charge < -0.3 is 0 Å². The average Bonchev–Trinajstić information content (AvgIpc) is 3.02. The highest BCUT2D eigenvalue weighted by atomic mass is 14.8. The Morgan fingerprint density at radius 2 is 0.800 bits per heavy atom. The third-order valence-electron chi connectivity index (χ3n) is 7.79. The first-order valence-corrected chi connectivity index (χ1v) is 13.6. The van der Waals surface area contributed by atoms with E-state index in [-0.39, 0.29) is 0 Å². The summed E-state index contributed by atoms with van der Waals surface area (Å²) in [6.45, 7) is 0. The molecule has 0 fully saturated rings. The molecular formula is C38H24N2. The van der Waals surface area contributed by atoms with E-state index < -0.39 is 0 Å². The molecule has 6 aromatic carbocycles. The molecule has 8 aromatic rings. The van der Waals surface area contributed by atoms with E-state index in [1.54, 1.807) is 0 Å². The van der Waals surface area contributed by atoms with E-state index in [1.165, 1.54) is 43.1 Å². The predicted molar refractivity (Wildman–Crippen MR) is 168 cm³/mol. The van der Waals surface area contributed by atoms with E-state index in [2.05, 4.69) is 126 Å². The zero-order valence-corrected chi connectivity index (χ0v) is 21.8. The smallest absolute Gasteiger partial charge is 0.0899 e. The van der Waals surface area contributed by atoms with Crippen LogP contribution in [0.25, 0.3) is 76.9 Å². The van der Waals surface area contributed by atoms with E-state index in [0.29, 0.717) is 0 Å². The van der Waals surface area contributed by atoms with Crippen molar-refractivity contribution in [3.63, 3.8) is 0 Å². The molecule has 2 heteroatoms. The van der Waals surface area contributed by atoms with Gasteiger partial charge >= 0.3 is 0 Å². The second-order valence-corrected chi connectivity index (χ2v) is 10.4. The van der Waals surface area contributed by atoms with Crippen LogP contribution in [0.4, 0.5) is 0 Å². The van der Waals surface area contributed by atoms with Crippen LogP contribution in [-0.2, 0) is 0 Å². The van der Waals surface area contributed by atoms with Crippen molar-refractivity contribution in [2.75, 3.05) is 0 Å². The summed E-state index contributed by atoms with van der Waals surface area (Å²) >= 11 is 0. The van der Waals surface area contributed by atoms with Gasteiger partial charge in [0.1, 0.15) is 0 Å². The Morgan fingerprint density at radius 1 is 0.300 bits per heavy atom. The van der Waals surface area contributed by atoms with Crippen LogP contribution in [0.3, 0.4) is 0 Å². The lowest BCUT2D eigenvalue weighted by atomic mass is 9.96. The summed E-state index contributed by atoms with van der Waals surface area (Å²) in [7, 11) is 0. The lowest BCUT2D eigenvalue weighted by Crippen LogP contribution is -1.93. The number of pyridine rings is 2. The molecule has 0 radical (unpaired) electrons. The Labute approximate surface area is 232 Å². The van der Waals surface area contributed by atoms with Crippen molar-refractivity contribution < 1.29 is 0 Å². The highest BCUT2D eigenvalue weighted by Gasteiger charge is 2.11. The van der Waals surface area contributed by atoms with Gasteiger partial charge in [-0.15, -0.1) is 0 Å². The zero-order chi connectivity index (χ0) is 26.5. The first kappa shape index (κ1) is 22.6. The Kier molecular flexibility index (Phi) is 5.17. The molecule has 0 unspecified atom stereocenters. The van der Waals surface area contributed by atoms with E-state index in [4.69, 9.17) is 4.98 Å². The third kappa shape index (κ3) is 3.98. The number of rotatable bonds is 3. The maximum atomic E-state index is 5.11. The van der Waals surface area contributed by atoms with Crippen LogP contribution in [0.5, 0.6) is 0 Å². The summed E-state index contributed by atoms with van der Waals surface area (Å²) in [6, 6.07) is 49.8. The minimum atomic E-state index is 0.865. The molecule has 186 valence electrons. The quantitative estimate of drug-likeness (QED) is 0.222. The van der Waals surface area contributed by atoms with Crippen molar-refractivity contribution in [2.45, 2.75) is 0 Å². The van der Waals surface area contributed by atoms with Gasteiger partial charge in [-0.05, 0) is 115 Å². The van der Waals surface area contributed by atoms with Crippen molar-refractivity contribution in [3.8, 4) is 33.8 Å². The fourth-order valence-electron chi connectivity index (χ4n) is 5.71. The molecule has 0 atom stereocenters. The van der Waals surface area contributed by atoms with Gasteiger partial charge in [-0.25, -0.2) is 4.98 Å². The zero-order valence-electron chi connectivity index (χ0n) is 21.8. The monoisotopic (exact) mass is 508 g/mol. The Morgan fingerprint density at radius 3 is 1.40 bits per heavy atom. The lowest BCUT2D eigenvalue weighted by molar-refractivity contribution is 1.25. The van der Waals surface area contributed by atoms with Crippen LogP contribution >= 0.6 is 0 Å². The van der Waals surface area contributed by atoms with Gasteiger partial charge in [0, 0.05) is 11.8 Å². The summed E-state index contributed by atoms with van der Waals surface area (Å²) in [5, 5.41) is 9.91. The van der Waals surface area contributed by atoms with Gasteiger partial charge in [0.25, 0.3) is 0 Å². The number of fused-ring (bicyclic) bond motifs is 4. The summed E-state index contributed by atoms with van der Waals surface area (Å²) in [6.07, 6.45) is 1.83. The fraction of sp³-hybridized carbons (Fsp3) is 0. The van der Waals surface area contributed by atoms with Gasteiger partial charge in [-0.1, -0.05) is 78.9 Å². The fourth-order valence-corrected chi connectivity index (χ4v) is 5.71. The van der Waals surface area contributed by atoms with Crippen molar-refractivity contribution in [2.24, 2.45) is 0 Å². The SMILES string of the molecule is c1ccc(-c2cc(-c3ccc4cc5ccccc5cc4c3)cc(-c3ccc4cc5ccccc5cc4c3)n2)nc1. The maximum absolute atomic E-state index is 5.11. The molecule has 0 aliphatic heterocycles. The topological polar surface area (TPSA) is 25.8 Å². The minimum Gasteiger partial charge on any atom is -0.255 e. The van der Waals surface area contributed by atoms with Crippen LogP contribution in [0.1, 0.15) is 0 Å². The van der Waals surface area contributed by atoms with Crippen molar-refractivity contribution in [1.82, 2.24) is 9.97 Å². The molecule has 2 heterocycles. The van der Waals surface area contributed by atoms with Gasteiger partial charge in [0.2, 0.25) is 0 Å². The normalized spacial score (nSPS) is 11.5. The first-order chi connectivity index (χ1) is 19.8. The maximum Gasteiger partial charge on any atom is 0.0899 e. The summed E-state index contributed by atoms with van der Waals surface area (Å²) < 4.78 is 0. The molecule has 40 heavy (non-hydrogen) atoms. The van der Waals surface area contributed by atoms with Gasteiger partial charge in [-0.2, -0.15) is 0 Å². The Bertz CT molecular complexity index is 2080. The van der Waals surface area contributed by atoms with E-state index in [9.17, 15) is 0 Å². The van der Waals surface area contributed by atoms with Crippen LogP contribution in [0, 0.1) is 0 Å². The second kappa shape index (κ2) is 9.14. The molecular weight excluding hydrogens is 484 g/mol. The summed E-state index contributed by atoms with van der Waals surface area (Å²) in [5.74, 6) is 0. The largest absolute Gasteiger partial charge is 0.255 e. The average molecular weight is 509 g/mol. The van der Waals surface area contributed by atoms with Crippen molar-refractivity contribution in [1.29, 1.82) is 0 Å². The predicted octanol–water partition coefficient (Wildman–Crippen LogP) is 10.1. The molecule has 0 spiro atoms. The van der Waals surface area contributed by atoms with Gasteiger partial charge in [0.15, 0.2) is 0 Å². The third-order valence-corrected chi connectivity index (χ3v) is 7.79. The van der Waals surface area contributed by atoms with Crippen molar-refractivity contribution in [3.05, 3.63) is 146 Å². The Balaban J connectivity index is 1.31. The summed E-state index contributed by atoms with van der Waals surface area (Å²) in [4.78, 5) is 9.73. The van der Waals surface area contributed by atoms with Gasteiger partial charge in [-0.3, -0.25) is 4.98 Å². The molecule has 0 aliphatic carbocycles.